The molecule has 1 unspecified atom stereocenters. The van der Waals surface area contributed by atoms with Crippen molar-refractivity contribution >= 4 is 23.1 Å². The molecule has 1 fully saturated rings. The first-order chi connectivity index (χ1) is 10.1. The predicted octanol–water partition coefficient (Wildman–Crippen LogP) is 1.63. The predicted molar refractivity (Wildman–Crippen MR) is 87.1 cm³/mol. The van der Waals surface area contributed by atoms with Gasteiger partial charge in [-0.2, -0.15) is 0 Å². The lowest BCUT2D eigenvalue weighted by atomic mass is 10.1. The number of hydrogen-bond donors (Lipinski definition) is 2. The summed E-state index contributed by atoms with van der Waals surface area (Å²) in [5, 5.41) is 8.93. The van der Waals surface area contributed by atoms with E-state index in [9.17, 15) is 4.79 Å². The number of aliphatic hydroxyl groups is 1. The van der Waals surface area contributed by atoms with Crippen LogP contribution >= 0.6 is 12.2 Å². The van der Waals surface area contributed by atoms with Crippen LogP contribution in [0.25, 0.3) is 0 Å². The summed E-state index contributed by atoms with van der Waals surface area (Å²) in [6, 6.07) is 7.83. The van der Waals surface area contributed by atoms with Crippen LogP contribution in [0.15, 0.2) is 24.3 Å². The van der Waals surface area contributed by atoms with E-state index in [1.807, 2.05) is 29.2 Å². The monoisotopic (exact) mass is 306 g/mol. The summed E-state index contributed by atoms with van der Waals surface area (Å²) in [4.78, 5) is 14.8. The van der Waals surface area contributed by atoms with Crippen LogP contribution in [0.3, 0.4) is 0 Å². The molecule has 0 spiro atoms. The van der Waals surface area contributed by atoms with E-state index in [1.165, 1.54) is 0 Å². The van der Waals surface area contributed by atoms with Crippen LogP contribution in [0.2, 0.25) is 0 Å². The molecule has 21 heavy (non-hydrogen) atoms. The van der Waals surface area contributed by atoms with Crippen LogP contribution in [0.1, 0.15) is 36.8 Å². The van der Waals surface area contributed by atoms with Gasteiger partial charge in [0.15, 0.2) is 0 Å². The van der Waals surface area contributed by atoms with Gasteiger partial charge in [0.05, 0.1) is 6.42 Å². The summed E-state index contributed by atoms with van der Waals surface area (Å²) in [6.07, 6.45) is 4.17. The third-order valence-corrected chi connectivity index (χ3v) is 4.22. The summed E-state index contributed by atoms with van der Waals surface area (Å²) in [6.45, 7) is 1.03. The third-order valence-electron chi connectivity index (χ3n) is 3.99. The number of carbonyl (C=O) groups is 1. The average molecular weight is 306 g/mol. The number of nitrogens with two attached hydrogens (primary N) is 1. The highest BCUT2D eigenvalue weighted by Crippen LogP contribution is 2.22. The molecule has 1 aromatic rings. The fourth-order valence-corrected chi connectivity index (χ4v) is 2.99. The molecule has 1 aliphatic heterocycles. The maximum atomic E-state index is 12.4. The standard InChI is InChI=1S/C16H22N2O2S/c17-16(21)13-7-5-12(6-8-13)11-15(20)18-9-1-3-14(18)4-2-10-19/h5-8,14,19H,1-4,9-11H2,(H2,17,21). The van der Waals surface area contributed by atoms with E-state index in [2.05, 4.69) is 0 Å². The molecule has 0 bridgehead atoms. The molecular weight excluding hydrogens is 284 g/mol. The topological polar surface area (TPSA) is 66.6 Å². The lowest BCUT2D eigenvalue weighted by molar-refractivity contribution is -0.131. The Balaban J connectivity index is 1.95. The number of aliphatic hydroxyl groups excluding tert-OH is 1. The number of benzene rings is 1. The second-order valence-corrected chi connectivity index (χ2v) is 5.93. The quantitative estimate of drug-likeness (QED) is 0.784. The maximum Gasteiger partial charge on any atom is 0.227 e. The Morgan fingerprint density at radius 1 is 1.38 bits per heavy atom. The van der Waals surface area contributed by atoms with Crippen molar-refractivity contribution in [3.05, 3.63) is 35.4 Å². The van der Waals surface area contributed by atoms with E-state index in [0.717, 1.165) is 43.4 Å². The van der Waals surface area contributed by atoms with Gasteiger partial charge in [0.1, 0.15) is 4.99 Å². The van der Waals surface area contributed by atoms with Crippen molar-refractivity contribution in [2.24, 2.45) is 5.73 Å². The number of nitrogens with zero attached hydrogens (tertiary/aromatic N) is 1. The van der Waals surface area contributed by atoms with Crippen molar-refractivity contribution in [1.29, 1.82) is 0 Å². The largest absolute Gasteiger partial charge is 0.396 e. The van der Waals surface area contributed by atoms with Crippen LogP contribution in [0, 0.1) is 0 Å². The second-order valence-electron chi connectivity index (χ2n) is 5.49. The van der Waals surface area contributed by atoms with Gasteiger partial charge in [-0.1, -0.05) is 36.5 Å². The van der Waals surface area contributed by atoms with Crippen LogP contribution in [0.5, 0.6) is 0 Å². The summed E-state index contributed by atoms with van der Waals surface area (Å²) in [5.74, 6) is 0.165. The number of amides is 1. The van der Waals surface area contributed by atoms with Gasteiger partial charge in [-0.3, -0.25) is 4.79 Å². The summed E-state index contributed by atoms with van der Waals surface area (Å²) in [7, 11) is 0. The molecule has 1 atom stereocenters. The molecule has 1 aromatic carbocycles. The highest BCUT2D eigenvalue weighted by molar-refractivity contribution is 7.80. The zero-order chi connectivity index (χ0) is 15.2. The van der Waals surface area contributed by atoms with Gasteiger partial charge in [0.25, 0.3) is 0 Å². The molecule has 0 radical (unpaired) electrons. The fourth-order valence-electron chi connectivity index (χ4n) is 2.85. The Labute approximate surface area is 130 Å². The summed E-state index contributed by atoms with van der Waals surface area (Å²) < 4.78 is 0. The van der Waals surface area contributed by atoms with Gasteiger partial charge in [-0.15, -0.1) is 0 Å². The Hall–Kier alpha value is -1.46. The number of likely N-dealkylation sites (tertiary alicyclic amines) is 1. The number of hydrogen-bond acceptors (Lipinski definition) is 3. The van der Waals surface area contributed by atoms with E-state index in [4.69, 9.17) is 23.1 Å². The van der Waals surface area contributed by atoms with Crippen LogP contribution in [-0.4, -0.2) is 40.1 Å². The first kappa shape index (κ1) is 15.9. The lowest BCUT2D eigenvalue weighted by Gasteiger charge is -2.24. The lowest BCUT2D eigenvalue weighted by Crippen LogP contribution is -2.36. The second kappa shape index (κ2) is 7.52. The molecule has 2 rings (SSSR count). The van der Waals surface area contributed by atoms with Gasteiger partial charge in [0.2, 0.25) is 5.91 Å². The van der Waals surface area contributed by atoms with E-state index < -0.39 is 0 Å². The van der Waals surface area contributed by atoms with Crippen LogP contribution < -0.4 is 5.73 Å². The molecule has 1 amide bonds. The molecule has 5 heteroatoms. The van der Waals surface area contributed by atoms with E-state index >= 15 is 0 Å². The molecule has 0 aromatic heterocycles. The van der Waals surface area contributed by atoms with Crippen molar-refractivity contribution < 1.29 is 9.90 Å². The van der Waals surface area contributed by atoms with Gasteiger partial charge in [-0.25, -0.2) is 0 Å². The van der Waals surface area contributed by atoms with Crippen molar-refractivity contribution in [2.45, 2.75) is 38.1 Å². The zero-order valence-electron chi connectivity index (χ0n) is 12.1. The van der Waals surface area contributed by atoms with Crippen molar-refractivity contribution in [1.82, 2.24) is 4.90 Å². The van der Waals surface area contributed by atoms with Crippen molar-refractivity contribution in [2.75, 3.05) is 13.2 Å². The first-order valence-electron chi connectivity index (χ1n) is 7.41. The Morgan fingerprint density at radius 2 is 2.10 bits per heavy atom. The summed E-state index contributed by atoms with van der Waals surface area (Å²) in [5.41, 5.74) is 7.37. The molecule has 1 saturated heterocycles. The molecule has 1 aliphatic rings. The molecule has 0 aliphatic carbocycles. The smallest absolute Gasteiger partial charge is 0.227 e. The summed E-state index contributed by atoms with van der Waals surface area (Å²) >= 11 is 4.92. The first-order valence-corrected chi connectivity index (χ1v) is 7.81. The molecule has 1 heterocycles. The molecular formula is C16H22N2O2S. The van der Waals surface area contributed by atoms with Crippen molar-refractivity contribution in [3.63, 3.8) is 0 Å². The zero-order valence-corrected chi connectivity index (χ0v) is 12.9. The van der Waals surface area contributed by atoms with Crippen LogP contribution in [-0.2, 0) is 11.2 Å². The van der Waals surface area contributed by atoms with Gasteiger partial charge < -0.3 is 15.7 Å². The SMILES string of the molecule is NC(=S)c1ccc(CC(=O)N2CCCC2CCCO)cc1. The Bertz CT molecular complexity index is 502. The molecule has 3 N–H and O–H groups in total. The van der Waals surface area contributed by atoms with E-state index in [-0.39, 0.29) is 12.5 Å². The van der Waals surface area contributed by atoms with Gasteiger partial charge in [-0.05, 0) is 31.2 Å². The maximum absolute atomic E-state index is 12.4. The number of carbonyl (C=O) groups excluding carboxylic acids is 1. The normalized spacial score (nSPS) is 18.0. The van der Waals surface area contributed by atoms with Crippen molar-refractivity contribution in [3.8, 4) is 0 Å². The highest BCUT2D eigenvalue weighted by Gasteiger charge is 2.27. The molecule has 0 saturated carbocycles. The number of rotatable bonds is 6. The molecule has 4 nitrogen and oxygen atoms in total. The van der Waals surface area contributed by atoms with E-state index in [1.54, 1.807) is 0 Å². The highest BCUT2D eigenvalue weighted by atomic mass is 32.1. The minimum absolute atomic E-state index is 0.165. The van der Waals surface area contributed by atoms with Crippen LogP contribution in [0.4, 0.5) is 0 Å². The Morgan fingerprint density at radius 3 is 2.71 bits per heavy atom. The van der Waals surface area contributed by atoms with Gasteiger partial charge >= 0.3 is 0 Å². The van der Waals surface area contributed by atoms with Gasteiger partial charge in [0, 0.05) is 24.8 Å². The Kier molecular flexibility index (Phi) is 5.70. The molecule has 114 valence electrons. The third kappa shape index (κ3) is 4.25. The van der Waals surface area contributed by atoms with E-state index in [0.29, 0.717) is 17.5 Å². The minimum Gasteiger partial charge on any atom is -0.396 e. The minimum atomic E-state index is 0.165. The fraction of sp³-hybridized carbons (Fsp3) is 0.500. The number of thiocarbonyl (C=S) groups is 1. The average Bonchev–Trinajstić information content (AvgIpc) is 2.94.